The van der Waals surface area contributed by atoms with Crippen LogP contribution in [0.5, 0.6) is 0 Å². The van der Waals surface area contributed by atoms with Crippen molar-refractivity contribution in [3.63, 3.8) is 0 Å². The van der Waals surface area contributed by atoms with Crippen LogP contribution in [0.25, 0.3) is 0 Å². The Hall–Kier alpha value is -1.08. The lowest BCUT2D eigenvalue weighted by atomic mass is 9.83. The number of nitrogens with one attached hydrogen (secondary N) is 1. The highest BCUT2D eigenvalue weighted by Crippen LogP contribution is 2.25. The summed E-state index contributed by atoms with van der Waals surface area (Å²) in [5.74, 6) is -0.105. The Balaban J connectivity index is 2.33. The van der Waals surface area contributed by atoms with E-state index in [9.17, 15) is 10.1 Å². The van der Waals surface area contributed by atoms with E-state index in [-0.39, 0.29) is 5.91 Å². The highest BCUT2D eigenvalue weighted by atomic mass is 16.2. The molecule has 0 bridgehead atoms. The summed E-state index contributed by atoms with van der Waals surface area (Å²) in [4.78, 5) is 14.4. The summed E-state index contributed by atoms with van der Waals surface area (Å²) in [5.41, 5.74) is -0.831. The number of carbonyl (C=O) groups excluding carboxylic acids is 1. The fourth-order valence-corrected chi connectivity index (χ4v) is 2.46. The lowest BCUT2D eigenvalue weighted by Gasteiger charge is -2.27. The van der Waals surface area contributed by atoms with Crippen molar-refractivity contribution in [2.24, 2.45) is 5.41 Å². The highest BCUT2D eigenvalue weighted by Gasteiger charge is 2.34. The molecule has 1 N–H and O–H groups in total. The number of rotatable bonds is 6. The lowest BCUT2D eigenvalue weighted by Crippen LogP contribution is -2.43. The van der Waals surface area contributed by atoms with E-state index in [1.54, 1.807) is 0 Å². The molecule has 1 heterocycles. The zero-order valence-electron chi connectivity index (χ0n) is 11.7. The third kappa shape index (κ3) is 3.71. The lowest BCUT2D eigenvalue weighted by molar-refractivity contribution is -0.128. The molecule has 18 heavy (non-hydrogen) atoms. The van der Waals surface area contributed by atoms with Gasteiger partial charge in [0.15, 0.2) is 0 Å². The first-order valence-corrected chi connectivity index (χ1v) is 7.10. The zero-order chi connectivity index (χ0) is 13.4. The van der Waals surface area contributed by atoms with Crippen molar-refractivity contribution in [1.82, 2.24) is 10.2 Å². The average molecular weight is 251 g/mol. The van der Waals surface area contributed by atoms with Crippen LogP contribution in [0.4, 0.5) is 0 Å². The Bertz CT molecular complexity index is 299. The van der Waals surface area contributed by atoms with Crippen LogP contribution in [0.1, 0.15) is 46.0 Å². The minimum Gasteiger partial charge on any atom is -0.353 e. The van der Waals surface area contributed by atoms with Crippen molar-refractivity contribution in [3.8, 4) is 6.07 Å². The molecule has 0 aromatic rings. The van der Waals surface area contributed by atoms with Gasteiger partial charge in [-0.15, -0.1) is 0 Å². The van der Waals surface area contributed by atoms with Crippen LogP contribution in [-0.2, 0) is 4.79 Å². The molecule has 0 spiro atoms. The van der Waals surface area contributed by atoms with Gasteiger partial charge < -0.3 is 10.2 Å². The van der Waals surface area contributed by atoms with Crippen molar-refractivity contribution in [1.29, 1.82) is 5.26 Å². The van der Waals surface area contributed by atoms with E-state index in [1.807, 2.05) is 13.8 Å². The fourth-order valence-electron chi connectivity index (χ4n) is 2.46. The summed E-state index contributed by atoms with van der Waals surface area (Å²) in [6.45, 7) is 7.64. The van der Waals surface area contributed by atoms with E-state index >= 15 is 0 Å². The van der Waals surface area contributed by atoms with Gasteiger partial charge in [-0.25, -0.2) is 0 Å². The van der Waals surface area contributed by atoms with Crippen LogP contribution in [0, 0.1) is 16.7 Å². The standard InChI is InChI=1S/C14H25N3O/c1-3-14(4-2,12-15)13(18)16-8-11-17-9-6-5-7-10-17/h3-11H2,1-2H3,(H,16,18). The highest BCUT2D eigenvalue weighted by molar-refractivity contribution is 5.85. The van der Waals surface area contributed by atoms with Gasteiger partial charge in [0.05, 0.1) is 6.07 Å². The van der Waals surface area contributed by atoms with Gasteiger partial charge >= 0.3 is 0 Å². The van der Waals surface area contributed by atoms with E-state index in [4.69, 9.17) is 0 Å². The van der Waals surface area contributed by atoms with Gasteiger partial charge in [-0.05, 0) is 38.8 Å². The predicted octanol–water partition coefficient (Wildman–Crippen LogP) is 1.92. The van der Waals surface area contributed by atoms with E-state index < -0.39 is 5.41 Å². The van der Waals surface area contributed by atoms with Crippen molar-refractivity contribution in [2.45, 2.75) is 46.0 Å². The monoisotopic (exact) mass is 251 g/mol. The summed E-state index contributed by atoms with van der Waals surface area (Å²) in [5, 5.41) is 12.1. The molecule has 1 fully saturated rings. The van der Waals surface area contributed by atoms with Crippen LogP contribution < -0.4 is 5.32 Å². The molecular weight excluding hydrogens is 226 g/mol. The first kappa shape index (κ1) is 15.0. The summed E-state index contributed by atoms with van der Waals surface area (Å²) < 4.78 is 0. The van der Waals surface area contributed by atoms with E-state index in [1.165, 1.54) is 19.3 Å². The number of carbonyl (C=O) groups is 1. The van der Waals surface area contributed by atoms with Gasteiger partial charge in [-0.2, -0.15) is 5.26 Å². The van der Waals surface area contributed by atoms with Gasteiger partial charge in [-0.3, -0.25) is 4.79 Å². The Morgan fingerprint density at radius 2 is 1.89 bits per heavy atom. The smallest absolute Gasteiger partial charge is 0.240 e. The topological polar surface area (TPSA) is 56.1 Å². The number of hydrogen-bond donors (Lipinski definition) is 1. The number of nitrogens with zero attached hydrogens (tertiary/aromatic N) is 2. The normalized spacial score (nSPS) is 17.2. The second-order valence-corrected chi connectivity index (χ2v) is 5.06. The molecule has 1 saturated heterocycles. The number of amides is 1. The predicted molar refractivity (Wildman–Crippen MR) is 71.9 cm³/mol. The molecule has 0 aliphatic carbocycles. The first-order chi connectivity index (χ1) is 8.68. The Labute approximate surface area is 110 Å². The average Bonchev–Trinajstić information content (AvgIpc) is 2.42. The van der Waals surface area contributed by atoms with Crippen molar-refractivity contribution >= 4 is 5.91 Å². The fraction of sp³-hybridized carbons (Fsp3) is 0.857. The maximum absolute atomic E-state index is 12.0. The maximum Gasteiger partial charge on any atom is 0.240 e. The molecule has 0 aromatic heterocycles. The number of piperidine rings is 1. The summed E-state index contributed by atoms with van der Waals surface area (Å²) in [6, 6.07) is 2.18. The van der Waals surface area contributed by atoms with Crippen LogP contribution in [0.2, 0.25) is 0 Å². The van der Waals surface area contributed by atoms with E-state index in [2.05, 4.69) is 16.3 Å². The molecule has 1 aliphatic rings. The van der Waals surface area contributed by atoms with E-state index in [0.717, 1.165) is 19.6 Å². The van der Waals surface area contributed by atoms with Crippen molar-refractivity contribution in [2.75, 3.05) is 26.2 Å². The minimum absolute atomic E-state index is 0.105. The molecule has 102 valence electrons. The molecular formula is C14H25N3O. The molecule has 1 rings (SSSR count). The number of nitriles is 1. The molecule has 0 unspecified atom stereocenters. The number of likely N-dealkylation sites (tertiary alicyclic amines) is 1. The quantitative estimate of drug-likeness (QED) is 0.784. The largest absolute Gasteiger partial charge is 0.353 e. The summed E-state index contributed by atoms with van der Waals surface area (Å²) in [6.07, 6.45) is 5.01. The molecule has 4 heteroatoms. The van der Waals surface area contributed by atoms with Gasteiger partial charge in [0.2, 0.25) is 5.91 Å². The second kappa shape index (κ2) is 7.38. The maximum atomic E-state index is 12.0. The van der Waals surface area contributed by atoms with Crippen molar-refractivity contribution < 1.29 is 4.79 Å². The molecule has 1 amide bonds. The van der Waals surface area contributed by atoms with Crippen LogP contribution in [0.15, 0.2) is 0 Å². The SMILES string of the molecule is CCC(C#N)(CC)C(=O)NCCN1CCCCC1. The Kier molecular flexibility index (Phi) is 6.14. The molecule has 0 aromatic carbocycles. The van der Waals surface area contributed by atoms with Crippen LogP contribution >= 0.6 is 0 Å². The van der Waals surface area contributed by atoms with Gasteiger partial charge in [-0.1, -0.05) is 20.3 Å². The van der Waals surface area contributed by atoms with Crippen LogP contribution in [0.3, 0.4) is 0 Å². The molecule has 0 atom stereocenters. The minimum atomic E-state index is -0.831. The molecule has 0 radical (unpaired) electrons. The van der Waals surface area contributed by atoms with Crippen molar-refractivity contribution in [3.05, 3.63) is 0 Å². The molecule has 4 nitrogen and oxygen atoms in total. The van der Waals surface area contributed by atoms with Gasteiger partial charge in [0.1, 0.15) is 5.41 Å². The number of hydrogen-bond acceptors (Lipinski definition) is 3. The molecule has 1 aliphatic heterocycles. The summed E-state index contributed by atoms with van der Waals surface area (Å²) in [7, 11) is 0. The zero-order valence-corrected chi connectivity index (χ0v) is 11.7. The Morgan fingerprint density at radius 1 is 1.28 bits per heavy atom. The first-order valence-electron chi connectivity index (χ1n) is 7.10. The second-order valence-electron chi connectivity index (χ2n) is 5.06. The molecule has 0 saturated carbocycles. The van der Waals surface area contributed by atoms with Gasteiger partial charge in [0.25, 0.3) is 0 Å². The van der Waals surface area contributed by atoms with Crippen LogP contribution in [-0.4, -0.2) is 37.0 Å². The Morgan fingerprint density at radius 3 is 2.39 bits per heavy atom. The third-order valence-corrected chi connectivity index (χ3v) is 4.02. The van der Waals surface area contributed by atoms with E-state index in [0.29, 0.717) is 19.4 Å². The third-order valence-electron chi connectivity index (χ3n) is 4.02. The van der Waals surface area contributed by atoms with Gasteiger partial charge in [0, 0.05) is 13.1 Å². The summed E-state index contributed by atoms with van der Waals surface area (Å²) >= 11 is 0.